The maximum absolute atomic E-state index is 11.1. The monoisotopic (exact) mass is 267 g/mol. The van der Waals surface area contributed by atoms with E-state index in [2.05, 4.69) is 10.3 Å². The quantitative estimate of drug-likeness (QED) is 0.790. The van der Waals surface area contributed by atoms with Gasteiger partial charge in [-0.05, 0) is 31.2 Å². The number of hydrogen-bond acceptors (Lipinski definition) is 5. The van der Waals surface area contributed by atoms with Crippen LogP contribution in [0.15, 0.2) is 29.2 Å². The van der Waals surface area contributed by atoms with E-state index >= 15 is 0 Å². The Morgan fingerprint density at radius 2 is 1.89 bits per heavy atom. The van der Waals surface area contributed by atoms with E-state index in [9.17, 15) is 8.42 Å². The van der Waals surface area contributed by atoms with E-state index in [0.29, 0.717) is 17.9 Å². The predicted molar refractivity (Wildman–Crippen MR) is 65.4 cm³/mol. The standard InChI is InChI=1S/C10H13N5O2S/c1-7-10(6-11)13-14-15(7)8-2-4-9(5-3-8)18(12,16)17/h2-5H,6,11H2,1H3,(H2,12,16,17). The van der Waals surface area contributed by atoms with Crippen molar-refractivity contribution in [3.05, 3.63) is 35.7 Å². The maximum atomic E-state index is 11.1. The van der Waals surface area contributed by atoms with Crippen molar-refractivity contribution in [1.29, 1.82) is 0 Å². The van der Waals surface area contributed by atoms with Gasteiger partial charge in [-0.1, -0.05) is 5.21 Å². The first kappa shape index (κ1) is 12.7. The van der Waals surface area contributed by atoms with Gasteiger partial charge in [-0.15, -0.1) is 5.10 Å². The molecule has 0 unspecified atom stereocenters. The molecule has 0 saturated heterocycles. The Bertz CT molecular complexity index is 660. The van der Waals surface area contributed by atoms with Crippen LogP contribution in [0.5, 0.6) is 0 Å². The van der Waals surface area contributed by atoms with Gasteiger partial charge in [0, 0.05) is 6.54 Å². The van der Waals surface area contributed by atoms with Crippen molar-refractivity contribution in [2.45, 2.75) is 18.4 Å². The average Bonchev–Trinajstić information content (AvgIpc) is 2.69. The molecule has 2 rings (SSSR count). The zero-order valence-corrected chi connectivity index (χ0v) is 10.6. The molecular formula is C10H13N5O2S. The molecule has 0 bridgehead atoms. The molecule has 0 amide bonds. The molecule has 0 aliphatic carbocycles. The SMILES string of the molecule is Cc1c(CN)nnn1-c1ccc(S(N)(=O)=O)cc1. The van der Waals surface area contributed by atoms with Crippen LogP contribution in [0.4, 0.5) is 0 Å². The lowest BCUT2D eigenvalue weighted by atomic mass is 10.3. The van der Waals surface area contributed by atoms with E-state index in [-0.39, 0.29) is 4.90 Å². The van der Waals surface area contributed by atoms with Crippen molar-refractivity contribution < 1.29 is 8.42 Å². The summed E-state index contributed by atoms with van der Waals surface area (Å²) in [5.41, 5.74) is 7.73. The van der Waals surface area contributed by atoms with Gasteiger partial charge in [0.15, 0.2) is 0 Å². The fourth-order valence-electron chi connectivity index (χ4n) is 1.57. The number of primary sulfonamides is 1. The highest BCUT2D eigenvalue weighted by Crippen LogP contribution is 2.14. The number of sulfonamides is 1. The van der Waals surface area contributed by atoms with Gasteiger partial charge in [-0.25, -0.2) is 18.2 Å². The molecule has 0 saturated carbocycles. The molecule has 7 nitrogen and oxygen atoms in total. The summed E-state index contributed by atoms with van der Waals surface area (Å²) >= 11 is 0. The normalized spacial score (nSPS) is 11.7. The van der Waals surface area contributed by atoms with Crippen LogP contribution in [0.25, 0.3) is 5.69 Å². The second kappa shape index (κ2) is 4.48. The Labute approximate surface area is 104 Å². The molecule has 0 spiro atoms. The highest BCUT2D eigenvalue weighted by atomic mass is 32.2. The molecule has 0 radical (unpaired) electrons. The second-order valence-electron chi connectivity index (χ2n) is 3.78. The Hall–Kier alpha value is -1.77. The molecule has 18 heavy (non-hydrogen) atoms. The Morgan fingerprint density at radius 3 is 2.33 bits per heavy atom. The molecule has 1 aromatic heterocycles. The van der Waals surface area contributed by atoms with E-state index in [4.69, 9.17) is 10.9 Å². The van der Waals surface area contributed by atoms with Gasteiger partial charge < -0.3 is 5.73 Å². The lowest BCUT2D eigenvalue weighted by molar-refractivity contribution is 0.598. The van der Waals surface area contributed by atoms with Crippen LogP contribution < -0.4 is 10.9 Å². The molecule has 96 valence electrons. The molecule has 0 aliphatic rings. The molecule has 1 aromatic carbocycles. The molecular weight excluding hydrogens is 254 g/mol. The van der Waals surface area contributed by atoms with Crippen molar-refractivity contribution in [2.24, 2.45) is 10.9 Å². The number of nitrogens with zero attached hydrogens (tertiary/aromatic N) is 3. The lowest BCUT2D eigenvalue weighted by Crippen LogP contribution is -2.12. The summed E-state index contributed by atoms with van der Waals surface area (Å²) in [5.74, 6) is 0. The third kappa shape index (κ3) is 2.26. The average molecular weight is 267 g/mol. The summed E-state index contributed by atoms with van der Waals surface area (Å²) < 4.78 is 23.8. The minimum absolute atomic E-state index is 0.0584. The smallest absolute Gasteiger partial charge is 0.238 e. The fraction of sp³-hybridized carbons (Fsp3) is 0.200. The highest BCUT2D eigenvalue weighted by molar-refractivity contribution is 7.89. The number of nitrogens with two attached hydrogens (primary N) is 2. The third-order valence-electron chi connectivity index (χ3n) is 2.59. The van der Waals surface area contributed by atoms with Crippen LogP contribution in [-0.4, -0.2) is 23.4 Å². The summed E-state index contributed by atoms with van der Waals surface area (Å²) in [5, 5.41) is 12.9. The topological polar surface area (TPSA) is 117 Å². The first-order chi connectivity index (χ1) is 8.43. The summed E-state index contributed by atoms with van der Waals surface area (Å²) in [7, 11) is -3.68. The van der Waals surface area contributed by atoms with Crippen molar-refractivity contribution in [2.75, 3.05) is 0 Å². The Morgan fingerprint density at radius 1 is 1.28 bits per heavy atom. The summed E-state index contributed by atoms with van der Waals surface area (Å²) in [6.07, 6.45) is 0. The van der Waals surface area contributed by atoms with Crippen molar-refractivity contribution in [3.63, 3.8) is 0 Å². The van der Waals surface area contributed by atoms with Crippen LogP contribution in [0.2, 0.25) is 0 Å². The Kier molecular flexibility index (Phi) is 3.16. The van der Waals surface area contributed by atoms with Gasteiger partial charge in [0.05, 0.1) is 22.0 Å². The van der Waals surface area contributed by atoms with Crippen LogP contribution in [0.1, 0.15) is 11.4 Å². The zero-order chi connectivity index (χ0) is 13.3. The number of benzene rings is 1. The molecule has 2 aromatic rings. The van der Waals surface area contributed by atoms with E-state index in [1.807, 2.05) is 6.92 Å². The van der Waals surface area contributed by atoms with Gasteiger partial charge >= 0.3 is 0 Å². The van der Waals surface area contributed by atoms with Crippen molar-refractivity contribution in [3.8, 4) is 5.69 Å². The fourth-order valence-corrected chi connectivity index (χ4v) is 2.09. The van der Waals surface area contributed by atoms with Crippen LogP contribution in [0.3, 0.4) is 0 Å². The van der Waals surface area contributed by atoms with Crippen LogP contribution >= 0.6 is 0 Å². The van der Waals surface area contributed by atoms with Crippen LogP contribution in [-0.2, 0) is 16.6 Å². The summed E-state index contributed by atoms with van der Waals surface area (Å²) in [4.78, 5) is 0.0584. The van der Waals surface area contributed by atoms with Crippen LogP contribution in [0, 0.1) is 6.92 Å². The van der Waals surface area contributed by atoms with E-state index in [0.717, 1.165) is 5.69 Å². The Balaban J connectivity index is 2.43. The zero-order valence-electron chi connectivity index (χ0n) is 9.74. The van der Waals surface area contributed by atoms with Gasteiger partial charge in [-0.3, -0.25) is 0 Å². The highest BCUT2D eigenvalue weighted by Gasteiger charge is 2.11. The summed E-state index contributed by atoms with van der Waals surface area (Å²) in [6.45, 7) is 2.15. The van der Waals surface area contributed by atoms with Gasteiger partial charge in [0.1, 0.15) is 0 Å². The number of hydrogen-bond donors (Lipinski definition) is 2. The minimum atomic E-state index is -3.68. The lowest BCUT2D eigenvalue weighted by Gasteiger charge is -2.04. The first-order valence-electron chi connectivity index (χ1n) is 5.18. The van der Waals surface area contributed by atoms with Crippen molar-refractivity contribution >= 4 is 10.0 Å². The molecule has 8 heteroatoms. The van der Waals surface area contributed by atoms with Crippen molar-refractivity contribution in [1.82, 2.24) is 15.0 Å². The number of aromatic nitrogens is 3. The predicted octanol–water partition coefficient (Wildman–Crippen LogP) is -0.318. The molecule has 0 atom stereocenters. The van der Waals surface area contributed by atoms with Gasteiger partial charge in [0.25, 0.3) is 0 Å². The summed E-state index contributed by atoms with van der Waals surface area (Å²) in [6, 6.07) is 6.07. The molecule has 1 heterocycles. The third-order valence-corrected chi connectivity index (χ3v) is 3.52. The molecule has 0 aliphatic heterocycles. The second-order valence-corrected chi connectivity index (χ2v) is 5.34. The number of rotatable bonds is 3. The minimum Gasteiger partial charge on any atom is -0.325 e. The molecule has 4 N–H and O–H groups in total. The maximum Gasteiger partial charge on any atom is 0.238 e. The molecule has 0 fully saturated rings. The van der Waals surface area contributed by atoms with E-state index in [1.165, 1.54) is 12.1 Å². The van der Waals surface area contributed by atoms with Gasteiger partial charge in [-0.2, -0.15) is 0 Å². The largest absolute Gasteiger partial charge is 0.325 e. The van der Waals surface area contributed by atoms with Gasteiger partial charge in [0.2, 0.25) is 10.0 Å². The first-order valence-corrected chi connectivity index (χ1v) is 6.72. The van der Waals surface area contributed by atoms with E-state index < -0.39 is 10.0 Å². The van der Waals surface area contributed by atoms with E-state index in [1.54, 1.807) is 16.8 Å².